The van der Waals surface area contributed by atoms with Crippen molar-refractivity contribution in [3.05, 3.63) is 47.9 Å². The van der Waals surface area contributed by atoms with Crippen LogP contribution in [0.1, 0.15) is 13.3 Å². The average Bonchev–Trinajstić information content (AvgIpc) is 2.26. The number of rotatable bonds is 0. The highest BCUT2D eigenvalue weighted by molar-refractivity contribution is 5.48. The van der Waals surface area contributed by atoms with Crippen molar-refractivity contribution in [2.45, 2.75) is 13.3 Å². The van der Waals surface area contributed by atoms with Crippen molar-refractivity contribution in [3.8, 4) is 11.5 Å². The van der Waals surface area contributed by atoms with Crippen LogP contribution in [0, 0.1) is 5.92 Å². The van der Waals surface area contributed by atoms with Gasteiger partial charge in [-0.1, -0.05) is 19.1 Å². The molecule has 0 N–H and O–H groups in total. The van der Waals surface area contributed by atoms with E-state index in [1.54, 1.807) is 0 Å². The summed E-state index contributed by atoms with van der Waals surface area (Å²) in [7, 11) is 0. The first-order valence-electron chi connectivity index (χ1n) is 5.20. The molecule has 0 radical (unpaired) electrons. The number of para-hydroxylation sites is 2. The maximum atomic E-state index is 5.77. The molecule has 1 atom stereocenters. The number of ether oxygens (including phenoxy) is 2. The van der Waals surface area contributed by atoms with Gasteiger partial charge in [0.1, 0.15) is 0 Å². The van der Waals surface area contributed by atoms with Crippen molar-refractivity contribution in [1.82, 2.24) is 0 Å². The number of hydrogen-bond donors (Lipinski definition) is 0. The number of allylic oxidation sites excluding steroid dienone is 2. The van der Waals surface area contributed by atoms with Crippen LogP contribution in [0.3, 0.4) is 0 Å². The molecule has 0 bridgehead atoms. The van der Waals surface area contributed by atoms with Crippen LogP contribution in [-0.2, 0) is 0 Å². The second-order valence-electron chi connectivity index (χ2n) is 3.96. The van der Waals surface area contributed by atoms with Crippen molar-refractivity contribution < 1.29 is 9.47 Å². The molecule has 0 saturated heterocycles. The van der Waals surface area contributed by atoms with E-state index in [1.165, 1.54) is 0 Å². The zero-order valence-electron chi connectivity index (χ0n) is 8.57. The molecule has 2 heteroatoms. The molecule has 0 amide bonds. The quantitative estimate of drug-likeness (QED) is 0.640. The van der Waals surface area contributed by atoms with E-state index in [0.29, 0.717) is 5.92 Å². The van der Waals surface area contributed by atoms with Crippen molar-refractivity contribution in [2.24, 2.45) is 5.92 Å². The van der Waals surface area contributed by atoms with Crippen LogP contribution in [0.15, 0.2) is 47.9 Å². The molecule has 1 aromatic rings. The smallest absolute Gasteiger partial charge is 0.170 e. The Hall–Kier alpha value is -1.70. The molecule has 1 heterocycles. The topological polar surface area (TPSA) is 18.5 Å². The number of benzene rings is 1. The van der Waals surface area contributed by atoms with Crippen LogP contribution in [0.2, 0.25) is 0 Å². The minimum atomic E-state index is 0.526. The first kappa shape index (κ1) is 8.60. The van der Waals surface area contributed by atoms with Crippen LogP contribution >= 0.6 is 0 Å². The first-order valence-corrected chi connectivity index (χ1v) is 5.20. The third-order valence-corrected chi connectivity index (χ3v) is 2.64. The van der Waals surface area contributed by atoms with Gasteiger partial charge in [-0.25, -0.2) is 0 Å². The fourth-order valence-corrected chi connectivity index (χ4v) is 1.83. The van der Waals surface area contributed by atoms with Crippen molar-refractivity contribution >= 4 is 0 Å². The summed E-state index contributed by atoms with van der Waals surface area (Å²) in [6, 6.07) is 7.74. The van der Waals surface area contributed by atoms with Crippen LogP contribution in [0.5, 0.6) is 11.5 Å². The molecule has 15 heavy (non-hydrogen) atoms. The van der Waals surface area contributed by atoms with Gasteiger partial charge >= 0.3 is 0 Å². The lowest BCUT2D eigenvalue weighted by molar-refractivity contribution is 0.284. The van der Waals surface area contributed by atoms with E-state index in [0.717, 1.165) is 29.4 Å². The SMILES string of the molecule is CC1C=C2Oc3ccccc3OC2=CC1. The highest BCUT2D eigenvalue weighted by atomic mass is 16.6. The predicted octanol–water partition coefficient (Wildman–Crippen LogP) is 3.27. The molecule has 2 nitrogen and oxygen atoms in total. The van der Waals surface area contributed by atoms with E-state index in [-0.39, 0.29) is 0 Å². The maximum absolute atomic E-state index is 5.77. The zero-order valence-corrected chi connectivity index (χ0v) is 8.57. The van der Waals surface area contributed by atoms with E-state index in [1.807, 2.05) is 24.3 Å². The number of hydrogen-bond acceptors (Lipinski definition) is 2. The Balaban J connectivity index is 2.04. The Bertz CT molecular complexity index is 457. The van der Waals surface area contributed by atoms with Gasteiger partial charge in [-0.3, -0.25) is 0 Å². The lowest BCUT2D eigenvalue weighted by atomic mass is 10.0. The zero-order chi connectivity index (χ0) is 10.3. The Morgan fingerprint density at radius 1 is 1.07 bits per heavy atom. The molecule has 3 rings (SSSR count). The van der Waals surface area contributed by atoms with Crippen LogP contribution < -0.4 is 9.47 Å². The molecule has 0 spiro atoms. The molecule has 0 saturated carbocycles. The summed E-state index contributed by atoms with van der Waals surface area (Å²) in [5, 5.41) is 0. The summed E-state index contributed by atoms with van der Waals surface area (Å²) >= 11 is 0. The summed E-state index contributed by atoms with van der Waals surface area (Å²) in [5.41, 5.74) is 0. The summed E-state index contributed by atoms with van der Waals surface area (Å²) in [6.45, 7) is 2.17. The Labute approximate surface area is 88.8 Å². The molecule has 0 fully saturated rings. The van der Waals surface area contributed by atoms with E-state index in [2.05, 4.69) is 19.1 Å². The van der Waals surface area contributed by atoms with Crippen molar-refractivity contribution in [2.75, 3.05) is 0 Å². The minimum Gasteiger partial charge on any atom is -0.450 e. The standard InChI is InChI=1S/C13H12O2/c1-9-6-7-12-13(8-9)15-11-5-3-2-4-10(11)14-12/h2-5,7-9H,6H2,1H3. The van der Waals surface area contributed by atoms with E-state index in [9.17, 15) is 0 Å². The Morgan fingerprint density at radius 3 is 2.47 bits per heavy atom. The van der Waals surface area contributed by atoms with Gasteiger partial charge in [0.25, 0.3) is 0 Å². The normalized spacial score (nSPS) is 22.6. The molecule has 1 aliphatic carbocycles. The first-order chi connectivity index (χ1) is 7.33. The highest BCUT2D eigenvalue weighted by Crippen LogP contribution is 2.38. The molecular formula is C13H12O2. The van der Waals surface area contributed by atoms with Gasteiger partial charge in [0, 0.05) is 0 Å². The van der Waals surface area contributed by atoms with Crippen LogP contribution in [0.4, 0.5) is 0 Å². The van der Waals surface area contributed by atoms with Crippen LogP contribution in [-0.4, -0.2) is 0 Å². The van der Waals surface area contributed by atoms with Gasteiger partial charge in [-0.05, 0) is 36.6 Å². The molecule has 2 aliphatic rings. The van der Waals surface area contributed by atoms with Crippen molar-refractivity contribution in [1.29, 1.82) is 0 Å². The van der Waals surface area contributed by atoms with Gasteiger partial charge in [-0.15, -0.1) is 0 Å². The van der Waals surface area contributed by atoms with Crippen molar-refractivity contribution in [3.63, 3.8) is 0 Å². The monoisotopic (exact) mass is 200 g/mol. The second kappa shape index (κ2) is 3.16. The lowest BCUT2D eigenvalue weighted by Gasteiger charge is -2.25. The average molecular weight is 200 g/mol. The highest BCUT2D eigenvalue weighted by Gasteiger charge is 2.23. The molecule has 0 aromatic heterocycles. The van der Waals surface area contributed by atoms with Gasteiger partial charge in [0.15, 0.2) is 23.0 Å². The van der Waals surface area contributed by atoms with Crippen LogP contribution in [0.25, 0.3) is 0 Å². The summed E-state index contributed by atoms with van der Waals surface area (Å²) in [6.07, 6.45) is 5.23. The molecule has 1 aromatic carbocycles. The van der Waals surface area contributed by atoms with E-state index in [4.69, 9.17) is 9.47 Å². The summed E-state index contributed by atoms with van der Waals surface area (Å²) in [5.74, 6) is 3.84. The number of fused-ring (bicyclic) bond motifs is 2. The lowest BCUT2D eigenvalue weighted by Crippen LogP contribution is -2.16. The fraction of sp³-hybridized carbons (Fsp3) is 0.231. The third kappa shape index (κ3) is 1.42. The predicted molar refractivity (Wildman–Crippen MR) is 57.6 cm³/mol. The van der Waals surface area contributed by atoms with Gasteiger partial charge in [0.2, 0.25) is 0 Å². The molecule has 76 valence electrons. The van der Waals surface area contributed by atoms with E-state index >= 15 is 0 Å². The molecule has 1 aliphatic heterocycles. The molecule has 1 unspecified atom stereocenters. The third-order valence-electron chi connectivity index (χ3n) is 2.64. The van der Waals surface area contributed by atoms with Gasteiger partial charge < -0.3 is 9.47 Å². The maximum Gasteiger partial charge on any atom is 0.170 e. The van der Waals surface area contributed by atoms with Gasteiger partial charge in [-0.2, -0.15) is 0 Å². The Morgan fingerprint density at radius 2 is 1.73 bits per heavy atom. The summed E-state index contributed by atoms with van der Waals surface area (Å²) in [4.78, 5) is 0. The fourth-order valence-electron chi connectivity index (χ4n) is 1.83. The minimum absolute atomic E-state index is 0.526. The molecular weight excluding hydrogens is 188 g/mol. The summed E-state index contributed by atoms with van der Waals surface area (Å²) < 4.78 is 11.5. The second-order valence-corrected chi connectivity index (χ2v) is 3.96. The Kier molecular flexibility index (Phi) is 1.81. The largest absolute Gasteiger partial charge is 0.450 e. The van der Waals surface area contributed by atoms with Gasteiger partial charge in [0.05, 0.1) is 0 Å². The van der Waals surface area contributed by atoms with E-state index < -0.39 is 0 Å².